The third-order valence-corrected chi connectivity index (χ3v) is 4.09. The maximum atomic E-state index is 12.0. The number of carbonyl (C=O) groups is 1. The predicted octanol–water partition coefficient (Wildman–Crippen LogP) is 2.73. The fourth-order valence-electron chi connectivity index (χ4n) is 2.78. The molecule has 116 valence electrons. The minimum absolute atomic E-state index is 0.247. The number of amides is 1. The molecule has 1 fully saturated rings. The third-order valence-electron chi connectivity index (χ3n) is 4.09. The highest BCUT2D eigenvalue weighted by molar-refractivity contribution is 5.78. The fraction of sp³-hybridized carbons (Fsp3) is 0.588. The van der Waals surface area contributed by atoms with E-state index in [9.17, 15) is 4.79 Å². The van der Waals surface area contributed by atoms with E-state index in [0.717, 1.165) is 17.9 Å². The molecule has 1 saturated heterocycles. The van der Waals surface area contributed by atoms with Crippen molar-refractivity contribution in [2.75, 3.05) is 20.2 Å². The van der Waals surface area contributed by atoms with Crippen LogP contribution in [0.2, 0.25) is 0 Å². The van der Waals surface area contributed by atoms with Gasteiger partial charge in [0.1, 0.15) is 5.75 Å². The lowest BCUT2D eigenvalue weighted by Crippen LogP contribution is -2.25. The number of hydrogen-bond donors (Lipinski definition) is 1. The largest absolute Gasteiger partial charge is 0.494 e. The molecule has 1 aliphatic heterocycles. The minimum atomic E-state index is 0.247. The van der Waals surface area contributed by atoms with Gasteiger partial charge in [-0.05, 0) is 44.5 Å². The standard InChI is InChI=1S/C17H26N2O2/c1-5-21-16-7-6-14(13(3)18-4)9-15(16)11-19-10-12(2)8-17(19)20/h6-7,9,12-13,18H,5,8,10-11H2,1-4H3. The zero-order chi connectivity index (χ0) is 15.4. The second-order valence-corrected chi connectivity index (χ2v) is 5.89. The number of likely N-dealkylation sites (tertiary alicyclic amines) is 1. The van der Waals surface area contributed by atoms with Gasteiger partial charge in [0.2, 0.25) is 5.91 Å². The number of carbonyl (C=O) groups excluding carboxylic acids is 1. The molecule has 0 aromatic heterocycles. The van der Waals surface area contributed by atoms with Gasteiger partial charge >= 0.3 is 0 Å². The van der Waals surface area contributed by atoms with Gasteiger partial charge in [0.05, 0.1) is 6.61 Å². The highest BCUT2D eigenvalue weighted by atomic mass is 16.5. The maximum Gasteiger partial charge on any atom is 0.223 e. The van der Waals surface area contributed by atoms with Gasteiger partial charge in [-0.25, -0.2) is 0 Å². The summed E-state index contributed by atoms with van der Waals surface area (Å²) in [6, 6.07) is 6.55. The molecule has 0 radical (unpaired) electrons. The quantitative estimate of drug-likeness (QED) is 0.876. The van der Waals surface area contributed by atoms with Crippen molar-refractivity contribution < 1.29 is 9.53 Å². The Morgan fingerprint density at radius 3 is 2.81 bits per heavy atom. The summed E-state index contributed by atoms with van der Waals surface area (Å²) in [5, 5.41) is 3.25. The second kappa shape index (κ2) is 6.94. The van der Waals surface area contributed by atoms with E-state index in [-0.39, 0.29) is 11.9 Å². The Balaban J connectivity index is 2.23. The number of rotatable bonds is 6. The molecule has 1 aromatic rings. The van der Waals surface area contributed by atoms with Gasteiger partial charge < -0.3 is 15.0 Å². The molecule has 4 heteroatoms. The Kier molecular flexibility index (Phi) is 5.23. The summed E-state index contributed by atoms with van der Waals surface area (Å²) in [5.41, 5.74) is 2.31. The van der Waals surface area contributed by atoms with Gasteiger partial charge in [-0.3, -0.25) is 4.79 Å². The van der Waals surface area contributed by atoms with Crippen LogP contribution >= 0.6 is 0 Å². The van der Waals surface area contributed by atoms with E-state index < -0.39 is 0 Å². The van der Waals surface area contributed by atoms with Gasteiger partial charge in [-0.15, -0.1) is 0 Å². The Hall–Kier alpha value is -1.55. The summed E-state index contributed by atoms with van der Waals surface area (Å²) >= 11 is 0. The molecule has 1 aromatic carbocycles. The highest BCUT2D eigenvalue weighted by Gasteiger charge is 2.27. The van der Waals surface area contributed by atoms with Crippen molar-refractivity contribution in [3.05, 3.63) is 29.3 Å². The van der Waals surface area contributed by atoms with Crippen LogP contribution in [-0.4, -0.2) is 31.0 Å². The van der Waals surface area contributed by atoms with E-state index in [1.54, 1.807) is 0 Å². The van der Waals surface area contributed by atoms with E-state index in [1.807, 2.05) is 24.9 Å². The summed E-state index contributed by atoms with van der Waals surface area (Å²) < 4.78 is 5.72. The molecule has 1 N–H and O–H groups in total. The number of nitrogens with zero attached hydrogens (tertiary/aromatic N) is 1. The summed E-state index contributed by atoms with van der Waals surface area (Å²) in [7, 11) is 1.95. The summed E-state index contributed by atoms with van der Waals surface area (Å²) in [5.74, 6) is 1.58. The van der Waals surface area contributed by atoms with Crippen LogP contribution in [0.5, 0.6) is 5.75 Å². The predicted molar refractivity (Wildman–Crippen MR) is 84.3 cm³/mol. The zero-order valence-electron chi connectivity index (χ0n) is 13.5. The van der Waals surface area contributed by atoms with E-state index >= 15 is 0 Å². The zero-order valence-corrected chi connectivity index (χ0v) is 13.5. The van der Waals surface area contributed by atoms with E-state index in [1.165, 1.54) is 5.56 Å². The average molecular weight is 290 g/mol. The molecule has 1 aliphatic rings. The molecule has 0 saturated carbocycles. The van der Waals surface area contributed by atoms with Crippen molar-refractivity contribution in [2.24, 2.45) is 5.92 Å². The van der Waals surface area contributed by atoms with Crippen molar-refractivity contribution in [2.45, 2.75) is 39.8 Å². The van der Waals surface area contributed by atoms with Crippen molar-refractivity contribution in [3.63, 3.8) is 0 Å². The summed E-state index contributed by atoms with van der Waals surface area (Å²) in [4.78, 5) is 13.9. The molecule has 4 nitrogen and oxygen atoms in total. The first-order valence-electron chi connectivity index (χ1n) is 7.75. The number of nitrogens with one attached hydrogen (secondary N) is 1. The monoisotopic (exact) mass is 290 g/mol. The van der Waals surface area contributed by atoms with Crippen LogP contribution in [-0.2, 0) is 11.3 Å². The van der Waals surface area contributed by atoms with Crippen molar-refractivity contribution >= 4 is 5.91 Å². The first kappa shape index (κ1) is 15.8. The first-order valence-corrected chi connectivity index (χ1v) is 7.75. The summed E-state index contributed by atoms with van der Waals surface area (Å²) in [6.45, 7) is 8.36. The molecule has 1 amide bonds. The molecule has 0 aliphatic carbocycles. The Labute approximate surface area is 127 Å². The van der Waals surface area contributed by atoms with Gasteiger partial charge in [-0.1, -0.05) is 13.0 Å². The number of hydrogen-bond acceptors (Lipinski definition) is 3. The molecule has 1 heterocycles. The van der Waals surface area contributed by atoms with Crippen LogP contribution in [0, 0.1) is 5.92 Å². The molecule has 0 bridgehead atoms. The fourth-order valence-corrected chi connectivity index (χ4v) is 2.78. The normalized spacial score (nSPS) is 19.9. The van der Waals surface area contributed by atoms with E-state index in [4.69, 9.17) is 4.74 Å². The van der Waals surface area contributed by atoms with Crippen molar-refractivity contribution in [3.8, 4) is 5.75 Å². The molecule has 2 atom stereocenters. The minimum Gasteiger partial charge on any atom is -0.494 e. The number of benzene rings is 1. The Morgan fingerprint density at radius 1 is 1.48 bits per heavy atom. The van der Waals surface area contributed by atoms with Crippen LogP contribution in [0.1, 0.15) is 44.4 Å². The smallest absolute Gasteiger partial charge is 0.223 e. The van der Waals surface area contributed by atoms with Gasteiger partial charge in [0.15, 0.2) is 0 Å². The van der Waals surface area contributed by atoms with Gasteiger partial charge in [-0.2, -0.15) is 0 Å². The third kappa shape index (κ3) is 3.76. The van der Waals surface area contributed by atoms with Crippen LogP contribution in [0.3, 0.4) is 0 Å². The Morgan fingerprint density at radius 2 is 2.24 bits per heavy atom. The SMILES string of the molecule is CCOc1ccc(C(C)NC)cc1CN1CC(C)CC1=O. The molecule has 0 spiro atoms. The average Bonchev–Trinajstić information content (AvgIpc) is 2.78. The van der Waals surface area contributed by atoms with Gasteiger partial charge in [0, 0.05) is 31.1 Å². The summed E-state index contributed by atoms with van der Waals surface area (Å²) in [6.07, 6.45) is 0.663. The van der Waals surface area contributed by atoms with Crippen molar-refractivity contribution in [1.29, 1.82) is 0 Å². The number of ether oxygens (including phenoxy) is 1. The molecule has 21 heavy (non-hydrogen) atoms. The van der Waals surface area contributed by atoms with Gasteiger partial charge in [0.25, 0.3) is 0 Å². The van der Waals surface area contributed by atoms with Crippen LogP contribution < -0.4 is 10.1 Å². The topological polar surface area (TPSA) is 41.6 Å². The van der Waals surface area contributed by atoms with E-state index in [0.29, 0.717) is 25.5 Å². The molecule has 2 rings (SSSR count). The van der Waals surface area contributed by atoms with Crippen LogP contribution in [0.4, 0.5) is 0 Å². The van der Waals surface area contributed by atoms with E-state index in [2.05, 4.69) is 31.3 Å². The Bertz CT molecular complexity index is 502. The second-order valence-electron chi connectivity index (χ2n) is 5.89. The maximum absolute atomic E-state index is 12.0. The van der Waals surface area contributed by atoms with Crippen molar-refractivity contribution in [1.82, 2.24) is 10.2 Å². The van der Waals surface area contributed by atoms with Crippen LogP contribution in [0.15, 0.2) is 18.2 Å². The first-order chi connectivity index (χ1) is 10.0. The lowest BCUT2D eigenvalue weighted by molar-refractivity contribution is -0.128. The molecule has 2 unspecified atom stereocenters. The molecular formula is C17H26N2O2. The molecular weight excluding hydrogens is 264 g/mol. The lowest BCUT2D eigenvalue weighted by Gasteiger charge is -2.20. The lowest BCUT2D eigenvalue weighted by atomic mass is 10.0. The highest BCUT2D eigenvalue weighted by Crippen LogP contribution is 2.27. The van der Waals surface area contributed by atoms with Crippen LogP contribution in [0.25, 0.3) is 0 Å².